The van der Waals surface area contributed by atoms with Crippen LogP contribution in [0.5, 0.6) is 0 Å². The van der Waals surface area contributed by atoms with E-state index in [0.717, 1.165) is 16.7 Å². The average Bonchev–Trinajstić information content (AvgIpc) is 2.46. The molecule has 3 heteroatoms. The van der Waals surface area contributed by atoms with Gasteiger partial charge in [0.25, 0.3) is 0 Å². The Morgan fingerprint density at radius 2 is 1.70 bits per heavy atom. The van der Waals surface area contributed by atoms with Gasteiger partial charge in [-0.2, -0.15) is 0 Å². The molecule has 3 nitrogen and oxygen atoms in total. The molecule has 1 atom stereocenters. The van der Waals surface area contributed by atoms with Gasteiger partial charge in [-0.3, -0.25) is 4.79 Å². The van der Waals surface area contributed by atoms with Crippen molar-refractivity contribution in [2.45, 2.75) is 45.3 Å². The summed E-state index contributed by atoms with van der Waals surface area (Å²) in [4.78, 5) is 11.9. The minimum Gasteiger partial charge on any atom is -0.460 e. The third-order valence-corrected chi connectivity index (χ3v) is 3.38. The van der Waals surface area contributed by atoms with Crippen molar-refractivity contribution in [2.24, 2.45) is 0 Å². The normalized spacial score (nSPS) is 12.7. The molecule has 0 unspecified atom stereocenters. The molecule has 0 bridgehead atoms. The summed E-state index contributed by atoms with van der Waals surface area (Å²) >= 11 is 0. The first kappa shape index (κ1) is 17.2. The monoisotopic (exact) mass is 312 g/mol. The highest BCUT2D eigenvalue weighted by atomic mass is 16.6. The maximum Gasteiger partial charge on any atom is 0.310 e. The van der Waals surface area contributed by atoms with E-state index in [0.29, 0.717) is 6.42 Å². The maximum absolute atomic E-state index is 11.9. The molecular formula is C20H24O3. The average molecular weight is 312 g/mol. The maximum atomic E-state index is 11.9. The van der Waals surface area contributed by atoms with Gasteiger partial charge in [0.15, 0.2) is 0 Å². The molecule has 0 aliphatic carbocycles. The molecule has 0 aromatic heterocycles. The summed E-state index contributed by atoms with van der Waals surface area (Å²) in [5, 5.41) is 10.4. The number of ether oxygens (including phenoxy) is 1. The van der Waals surface area contributed by atoms with Crippen LogP contribution in [-0.4, -0.2) is 16.7 Å². The first-order valence-electron chi connectivity index (χ1n) is 7.86. The summed E-state index contributed by atoms with van der Waals surface area (Å²) in [5.74, 6) is -0.257. The quantitative estimate of drug-likeness (QED) is 0.853. The highest BCUT2D eigenvalue weighted by molar-refractivity contribution is 5.73. The standard InChI is InChI=1S/C20H24O3/c1-20(2,3)23-19(22)14-16-10-7-11-17(12-16)18(21)13-15-8-5-4-6-9-15/h4-12,18,21H,13-14H2,1-3H3/t18-/m0/s1. The minimum absolute atomic E-state index is 0.211. The Kier molecular flexibility index (Phi) is 5.56. The van der Waals surface area contributed by atoms with Crippen LogP contribution in [0.1, 0.15) is 43.6 Å². The van der Waals surface area contributed by atoms with E-state index < -0.39 is 11.7 Å². The lowest BCUT2D eigenvalue weighted by Crippen LogP contribution is -2.24. The Hall–Kier alpha value is -2.13. The van der Waals surface area contributed by atoms with Crippen LogP contribution < -0.4 is 0 Å². The van der Waals surface area contributed by atoms with Gasteiger partial charge in [-0.15, -0.1) is 0 Å². The first-order chi connectivity index (χ1) is 10.8. The van der Waals surface area contributed by atoms with Crippen molar-refractivity contribution in [3.05, 3.63) is 71.3 Å². The van der Waals surface area contributed by atoms with Gasteiger partial charge in [-0.25, -0.2) is 0 Å². The number of hydrogen-bond acceptors (Lipinski definition) is 3. The predicted octanol–water partition coefficient (Wildman–Crippen LogP) is 3.85. The van der Waals surface area contributed by atoms with E-state index in [9.17, 15) is 9.90 Å². The number of aliphatic hydroxyl groups excluding tert-OH is 1. The van der Waals surface area contributed by atoms with Gasteiger partial charge in [-0.1, -0.05) is 54.6 Å². The summed E-state index contributed by atoms with van der Waals surface area (Å²) in [5.41, 5.74) is 2.26. The molecule has 0 aliphatic heterocycles. The van der Waals surface area contributed by atoms with Crippen molar-refractivity contribution in [1.29, 1.82) is 0 Å². The molecule has 2 aromatic carbocycles. The highest BCUT2D eigenvalue weighted by Gasteiger charge is 2.17. The minimum atomic E-state index is -0.587. The largest absolute Gasteiger partial charge is 0.460 e. The van der Waals surface area contributed by atoms with Crippen molar-refractivity contribution in [3.8, 4) is 0 Å². The second kappa shape index (κ2) is 7.42. The molecular weight excluding hydrogens is 288 g/mol. The molecule has 2 aromatic rings. The van der Waals surface area contributed by atoms with Crippen LogP contribution in [-0.2, 0) is 22.4 Å². The van der Waals surface area contributed by atoms with Crippen LogP contribution in [0.4, 0.5) is 0 Å². The molecule has 0 radical (unpaired) electrons. The van der Waals surface area contributed by atoms with Gasteiger partial charge in [0.1, 0.15) is 5.60 Å². The number of benzene rings is 2. The zero-order valence-corrected chi connectivity index (χ0v) is 14.0. The Labute approximate surface area is 137 Å². The molecule has 0 saturated heterocycles. The molecule has 0 amide bonds. The number of esters is 1. The highest BCUT2D eigenvalue weighted by Crippen LogP contribution is 2.20. The van der Waals surface area contributed by atoms with Crippen LogP contribution in [0.3, 0.4) is 0 Å². The molecule has 0 saturated carbocycles. The summed E-state index contributed by atoms with van der Waals surface area (Å²) in [6, 6.07) is 17.4. The number of aliphatic hydroxyl groups is 1. The Bertz CT molecular complexity index is 641. The Balaban J connectivity index is 2.03. The molecule has 23 heavy (non-hydrogen) atoms. The predicted molar refractivity (Wildman–Crippen MR) is 91.1 cm³/mol. The third-order valence-electron chi connectivity index (χ3n) is 3.38. The first-order valence-corrected chi connectivity index (χ1v) is 7.86. The van der Waals surface area contributed by atoms with Gasteiger partial charge in [0, 0.05) is 6.42 Å². The SMILES string of the molecule is CC(C)(C)OC(=O)Cc1cccc([C@@H](O)Cc2ccccc2)c1. The molecule has 0 heterocycles. The van der Waals surface area contributed by atoms with Crippen LogP contribution in [0.25, 0.3) is 0 Å². The van der Waals surface area contributed by atoms with Gasteiger partial charge in [0.2, 0.25) is 0 Å². The van der Waals surface area contributed by atoms with Crippen molar-refractivity contribution >= 4 is 5.97 Å². The van der Waals surface area contributed by atoms with E-state index in [4.69, 9.17) is 4.74 Å². The Morgan fingerprint density at radius 1 is 1.04 bits per heavy atom. The van der Waals surface area contributed by atoms with Gasteiger partial charge < -0.3 is 9.84 Å². The zero-order valence-electron chi connectivity index (χ0n) is 14.0. The second-order valence-electron chi connectivity index (χ2n) is 6.71. The van der Waals surface area contributed by atoms with E-state index in [2.05, 4.69) is 0 Å². The van der Waals surface area contributed by atoms with Gasteiger partial charge in [-0.05, 0) is 37.5 Å². The molecule has 0 aliphatic rings. The van der Waals surface area contributed by atoms with Crippen molar-refractivity contribution in [2.75, 3.05) is 0 Å². The fourth-order valence-electron chi connectivity index (χ4n) is 2.41. The van der Waals surface area contributed by atoms with Crippen LogP contribution >= 0.6 is 0 Å². The number of hydrogen-bond donors (Lipinski definition) is 1. The molecule has 2 rings (SSSR count). The van der Waals surface area contributed by atoms with Crippen molar-refractivity contribution in [1.82, 2.24) is 0 Å². The van der Waals surface area contributed by atoms with Crippen LogP contribution in [0, 0.1) is 0 Å². The summed E-state index contributed by atoms with van der Waals surface area (Å²) in [6.07, 6.45) is 0.177. The third kappa shape index (κ3) is 5.87. The molecule has 0 spiro atoms. The van der Waals surface area contributed by atoms with Crippen molar-refractivity contribution < 1.29 is 14.6 Å². The fourth-order valence-corrected chi connectivity index (χ4v) is 2.41. The molecule has 1 N–H and O–H groups in total. The molecule has 122 valence electrons. The summed E-state index contributed by atoms with van der Waals surface area (Å²) in [7, 11) is 0. The van der Waals surface area contributed by atoms with Gasteiger partial charge >= 0.3 is 5.97 Å². The van der Waals surface area contributed by atoms with Crippen LogP contribution in [0.2, 0.25) is 0 Å². The van der Waals surface area contributed by atoms with Crippen LogP contribution in [0.15, 0.2) is 54.6 Å². The fraction of sp³-hybridized carbons (Fsp3) is 0.350. The van der Waals surface area contributed by atoms with E-state index in [1.165, 1.54) is 0 Å². The lowest BCUT2D eigenvalue weighted by molar-refractivity contribution is -0.153. The van der Waals surface area contributed by atoms with E-state index >= 15 is 0 Å². The smallest absolute Gasteiger partial charge is 0.310 e. The summed E-state index contributed by atoms with van der Waals surface area (Å²) in [6.45, 7) is 5.56. The van der Waals surface area contributed by atoms with Crippen molar-refractivity contribution in [3.63, 3.8) is 0 Å². The van der Waals surface area contributed by atoms with E-state index in [-0.39, 0.29) is 12.4 Å². The lowest BCUT2D eigenvalue weighted by Gasteiger charge is -2.19. The molecule has 0 fully saturated rings. The topological polar surface area (TPSA) is 46.5 Å². The van der Waals surface area contributed by atoms with E-state index in [1.54, 1.807) is 0 Å². The van der Waals surface area contributed by atoms with E-state index in [1.807, 2.05) is 75.4 Å². The Morgan fingerprint density at radius 3 is 2.35 bits per heavy atom. The number of carbonyl (C=O) groups excluding carboxylic acids is 1. The second-order valence-corrected chi connectivity index (χ2v) is 6.71. The summed E-state index contributed by atoms with van der Waals surface area (Å²) < 4.78 is 5.34. The number of carbonyl (C=O) groups is 1. The zero-order chi connectivity index (χ0) is 16.9. The lowest BCUT2D eigenvalue weighted by atomic mass is 9.99. The number of rotatable bonds is 5. The van der Waals surface area contributed by atoms with Gasteiger partial charge in [0.05, 0.1) is 12.5 Å².